The number of rotatable bonds is 7. The van der Waals surface area contributed by atoms with Crippen LogP contribution in [0.5, 0.6) is 5.75 Å². The molecule has 3 aromatic rings. The van der Waals surface area contributed by atoms with Crippen molar-refractivity contribution in [3.8, 4) is 5.75 Å². The summed E-state index contributed by atoms with van der Waals surface area (Å²) in [6, 6.07) is 15.4. The number of hydrogen-bond donors (Lipinski definition) is 0. The molecular formula is C22H23ClN2O2S. The summed E-state index contributed by atoms with van der Waals surface area (Å²) in [5.41, 5.74) is 2.97. The average molecular weight is 415 g/mol. The van der Waals surface area contributed by atoms with Gasteiger partial charge in [-0.3, -0.25) is 4.79 Å². The summed E-state index contributed by atoms with van der Waals surface area (Å²) >= 11 is 7.57. The second kappa shape index (κ2) is 9.22. The van der Waals surface area contributed by atoms with E-state index in [2.05, 4.69) is 4.98 Å². The topological polar surface area (TPSA) is 42.4 Å². The highest BCUT2D eigenvalue weighted by Gasteiger charge is 2.19. The van der Waals surface area contributed by atoms with E-state index in [-0.39, 0.29) is 18.4 Å². The lowest BCUT2D eigenvalue weighted by Crippen LogP contribution is -2.31. The normalized spacial score (nSPS) is 11.9. The van der Waals surface area contributed by atoms with Crippen molar-refractivity contribution in [3.05, 3.63) is 80.8 Å². The Morgan fingerprint density at radius 3 is 2.71 bits per heavy atom. The molecule has 1 unspecified atom stereocenters. The molecule has 3 rings (SSSR count). The zero-order valence-corrected chi connectivity index (χ0v) is 17.8. The van der Waals surface area contributed by atoms with E-state index in [1.807, 2.05) is 74.8 Å². The van der Waals surface area contributed by atoms with Gasteiger partial charge in [-0.1, -0.05) is 41.4 Å². The molecule has 0 aliphatic carbocycles. The van der Waals surface area contributed by atoms with Crippen molar-refractivity contribution in [1.29, 1.82) is 0 Å². The molecule has 1 heterocycles. The van der Waals surface area contributed by atoms with E-state index in [1.165, 1.54) is 16.9 Å². The Hall–Kier alpha value is -2.37. The number of aryl methyl sites for hydroxylation is 1. The van der Waals surface area contributed by atoms with Crippen LogP contribution in [0.2, 0.25) is 5.02 Å². The highest BCUT2D eigenvalue weighted by Crippen LogP contribution is 2.23. The summed E-state index contributed by atoms with van der Waals surface area (Å²) < 4.78 is 5.76. The van der Waals surface area contributed by atoms with Gasteiger partial charge < -0.3 is 9.64 Å². The summed E-state index contributed by atoms with van der Waals surface area (Å²) in [4.78, 5) is 18.9. The molecule has 2 aromatic carbocycles. The number of nitrogens with zero attached hydrogens (tertiary/aromatic N) is 2. The first-order valence-electron chi connectivity index (χ1n) is 9.06. The first kappa shape index (κ1) is 20.4. The number of benzene rings is 2. The Bertz CT molecular complexity index is 940. The van der Waals surface area contributed by atoms with Crippen LogP contribution in [0.15, 0.2) is 53.9 Å². The molecule has 146 valence electrons. The summed E-state index contributed by atoms with van der Waals surface area (Å²) in [6.07, 6.45) is 0.266. The van der Waals surface area contributed by atoms with E-state index in [0.29, 0.717) is 11.6 Å². The zero-order valence-electron chi connectivity index (χ0n) is 16.2. The summed E-state index contributed by atoms with van der Waals surface area (Å²) in [5, 5.41) is 3.45. The van der Waals surface area contributed by atoms with Gasteiger partial charge in [0.2, 0.25) is 5.91 Å². The molecule has 0 bridgehead atoms. The predicted molar refractivity (Wildman–Crippen MR) is 114 cm³/mol. The van der Waals surface area contributed by atoms with Gasteiger partial charge in [0.25, 0.3) is 0 Å². The van der Waals surface area contributed by atoms with Crippen LogP contribution in [0.3, 0.4) is 0 Å². The number of likely N-dealkylation sites (N-methyl/N-ethyl adjacent to an activating group) is 1. The molecule has 1 amide bonds. The minimum absolute atomic E-state index is 0.0174. The SMILES string of the molecule is Cc1ccc(OCc2nc(CC(=O)N(C)C(C)c3cccc(Cl)c3)cs2)cc1. The molecule has 0 saturated heterocycles. The van der Waals surface area contributed by atoms with Crippen molar-refractivity contribution >= 4 is 28.8 Å². The quantitative estimate of drug-likeness (QED) is 0.516. The Balaban J connectivity index is 1.56. The lowest BCUT2D eigenvalue weighted by molar-refractivity contribution is -0.131. The second-order valence-electron chi connectivity index (χ2n) is 6.75. The number of aromatic nitrogens is 1. The standard InChI is InChI=1S/C22H23ClN2O2S/c1-15-7-9-20(10-8-15)27-13-21-24-19(14-28-21)12-22(26)25(3)16(2)17-5-4-6-18(23)11-17/h4-11,14,16H,12-13H2,1-3H3. The van der Waals surface area contributed by atoms with Gasteiger partial charge in [0, 0.05) is 17.5 Å². The fraction of sp³-hybridized carbons (Fsp3) is 0.273. The molecule has 0 N–H and O–H groups in total. The van der Waals surface area contributed by atoms with Crippen LogP contribution in [0.25, 0.3) is 0 Å². The van der Waals surface area contributed by atoms with Gasteiger partial charge in [-0.2, -0.15) is 0 Å². The first-order valence-corrected chi connectivity index (χ1v) is 10.3. The van der Waals surface area contributed by atoms with E-state index in [1.54, 1.807) is 4.90 Å². The number of amides is 1. The van der Waals surface area contributed by atoms with E-state index < -0.39 is 0 Å². The van der Waals surface area contributed by atoms with Crippen molar-refractivity contribution in [2.75, 3.05) is 7.05 Å². The fourth-order valence-electron chi connectivity index (χ4n) is 2.76. The van der Waals surface area contributed by atoms with Crippen molar-refractivity contribution in [1.82, 2.24) is 9.88 Å². The van der Waals surface area contributed by atoms with Crippen molar-refractivity contribution in [2.24, 2.45) is 0 Å². The summed E-state index contributed by atoms with van der Waals surface area (Å²) in [6.45, 7) is 4.43. The summed E-state index contributed by atoms with van der Waals surface area (Å²) in [7, 11) is 1.81. The van der Waals surface area contributed by atoms with E-state index in [9.17, 15) is 4.79 Å². The third-order valence-electron chi connectivity index (χ3n) is 4.62. The monoisotopic (exact) mass is 414 g/mol. The molecule has 0 radical (unpaired) electrons. The van der Waals surface area contributed by atoms with Gasteiger partial charge in [-0.25, -0.2) is 4.98 Å². The van der Waals surface area contributed by atoms with E-state index in [4.69, 9.17) is 16.3 Å². The molecule has 0 fully saturated rings. The van der Waals surface area contributed by atoms with Crippen LogP contribution in [0.1, 0.15) is 34.8 Å². The number of halogens is 1. The molecular weight excluding hydrogens is 392 g/mol. The lowest BCUT2D eigenvalue weighted by atomic mass is 10.1. The summed E-state index contributed by atoms with van der Waals surface area (Å²) in [5.74, 6) is 0.831. The third kappa shape index (κ3) is 5.33. The maximum absolute atomic E-state index is 12.7. The minimum atomic E-state index is -0.0609. The van der Waals surface area contributed by atoms with Crippen LogP contribution in [-0.2, 0) is 17.8 Å². The number of hydrogen-bond acceptors (Lipinski definition) is 4. The highest BCUT2D eigenvalue weighted by atomic mass is 35.5. The maximum Gasteiger partial charge on any atom is 0.228 e. The molecule has 1 atom stereocenters. The van der Waals surface area contributed by atoms with Crippen LogP contribution in [0, 0.1) is 6.92 Å². The van der Waals surface area contributed by atoms with Crippen LogP contribution < -0.4 is 4.74 Å². The second-order valence-corrected chi connectivity index (χ2v) is 8.13. The zero-order chi connectivity index (χ0) is 20.1. The van der Waals surface area contributed by atoms with Gasteiger partial charge in [-0.05, 0) is 43.7 Å². The maximum atomic E-state index is 12.7. The first-order chi connectivity index (χ1) is 13.4. The van der Waals surface area contributed by atoms with Gasteiger partial charge in [0.05, 0.1) is 18.2 Å². The van der Waals surface area contributed by atoms with Gasteiger partial charge >= 0.3 is 0 Å². The van der Waals surface area contributed by atoms with Crippen LogP contribution in [-0.4, -0.2) is 22.8 Å². The number of carbonyl (C=O) groups is 1. The lowest BCUT2D eigenvalue weighted by Gasteiger charge is -2.25. The number of ether oxygens (including phenoxy) is 1. The van der Waals surface area contributed by atoms with E-state index >= 15 is 0 Å². The molecule has 6 heteroatoms. The van der Waals surface area contributed by atoms with Gasteiger partial charge in [0.15, 0.2) is 0 Å². The highest BCUT2D eigenvalue weighted by molar-refractivity contribution is 7.09. The predicted octanol–water partition coefficient (Wildman–Crippen LogP) is 5.45. The van der Waals surface area contributed by atoms with Crippen LogP contribution >= 0.6 is 22.9 Å². The number of carbonyl (C=O) groups excluding carboxylic acids is 1. The van der Waals surface area contributed by atoms with Gasteiger partial charge in [0.1, 0.15) is 17.4 Å². The van der Waals surface area contributed by atoms with Crippen molar-refractivity contribution < 1.29 is 9.53 Å². The Kier molecular flexibility index (Phi) is 6.70. The Morgan fingerprint density at radius 1 is 1.25 bits per heavy atom. The molecule has 1 aromatic heterocycles. The molecule has 0 aliphatic rings. The van der Waals surface area contributed by atoms with E-state index in [0.717, 1.165) is 22.0 Å². The average Bonchev–Trinajstić information content (AvgIpc) is 3.13. The van der Waals surface area contributed by atoms with Crippen LogP contribution in [0.4, 0.5) is 0 Å². The molecule has 4 nitrogen and oxygen atoms in total. The van der Waals surface area contributed by atoms with Crippen molar-refractivity contribution in [3.63, 3.8) is 0 Å². The molecule has 28 heavy (non-hydrogen) atoms. The molecule has 0 saturated carbocycles. The smallest absolute Gasteiger partial charge is 0.228 e. The van der Waals surface area contributed by atoms with Crippen molar-refractivity contribution in [2.45, 2.75) is 32.9 Å². The van der Waals surface area contributed by atoms with Gasteiger partial charge in [-0.15, -0.1) is 11.3 Å². The molecule has 0 spiro atoms. The fourth-order valence-corrected chi connectivity index (χ4v) is 3.67. The third-order valence-corrected chi connectivity index (χ3v) is 5.73. The largest absolute Gasteiger partial charge is 0.486 e. The number of thiazole rings is 1. The Morgan fingerprint density at radius 2 is 2.00 bits per heavy atom. The molecule has 0 aliphatic heterocycles. The Labute approximate surface area is 174 Å². The minimum Gasteiger partial charge on any atom is -0.486 e.